The van der Waals surface area contributed by atoms with Gasteiger partial charge in [0.1, 0.15) is 24.2 Å². The van der Waals surface area contributed by atoms with E-state index in [4.69, 9.17) is 21.1 Å². The molecule has 12 nitrogen and oxygen atoms in total. The van der Waals surface area contributed by atoms with Crippen molar-refractivity contribution in [1.29, 1.82) is 0 Å². The van der Waals surface area contributed by atoms with Crippen LogP contribution in [-0.2, 0) is 19.2 Å². The van der Waals surface area contributed by atoms with Crippen LogP contribution in [0.15, 0.2) is 0 Å². The lowest BCUT2D eigenvalue weighted by molar-refractivity contribution is -0.144. The zero-order valence-corrected chi connectivity index (χ0v) is 13.8. The molecule has 12 heteroatoms. The van der Waals surface area contributed by atoms with Crippen molar-refractivity contribution in [2.75, 3.05) is 13.2 Å². The van der Waals surface area contributed by atoms with Gasteiger partial charge < -0.3 is 42.1 Å². The number of carbonyl (C=O) groups excluding carboxylic acids is 3. The van der Waals surface area contributed by atoms with Gasteiger partial charge in [0.25, 0.3) is 0 Å². The van der Waals surface area contributed by atoms with Crippen LogP contribution >= 0.6 is 0 Å². The Hall–Kier alpha value is -2.28. The van der Waals surface area contributed by atoms with Crippen LogP contribution in [0.4, 0.5) is 0 Å². The Morgan fingerprint density at radius 3 is 1.88 bits per heavy atom. The van der Waals surface area contributed by atoms with Crippen LogP contribution in [-0.4, -0.2) is 87.6 Å². The third-order valence-corrected chi connectivity index (χ3v) is 3.15. The maximum absolute atomic E-state index is 12.0. The molecule has 144 valence electrons. The fraction of sp³-hybridized carbons (Fsp3) is 0.692. The van der Waals surface area contributed by atoms with Crippen molar-refractivity contribution in [2.45, 2.75) is 44.1 Å². The second-order valence-electron chi connectivity index (χ2n) is 5.33. The molecule has 0 aliphatic carbocycles. The van der Waals surface area contributed by atoms with Crippen LogP contribution in [0.2, 0.25) is 0 Å². The van der Waals surface area contributed by atoms with Gasteiger partial charge in [0.15, 0.2) is 0 Å². The first-order valence-corrected chi connectivity index (χ1v) is 7.34. The van der Waals surface area contributed by atoms with Crippen molar-refractivity contribution < 1.29 is 39.6 Å². The fourth-order valence-corrected chi connectivity index (χ4v) is 1.60. The van der Waals surface area contributed by atoms with Crippen molar-refractivity contribution in [3.8, 4) is 0 Å². The summed E-state index contributed by atoms with van der Waals surface area (Å²) in [5.41, 5.74) is 5.28. The zero-order chi connectivity index (χ0) is 19.7. The third kappa shape index (κ3) is 7.43. The second-order valence-corrected chi connectivity index (χ2v) is 5.33. The number of nitrogens with one attached hydrogen (secondary N) is 3. The molecule has 5 atom stereocenters. The summed E-state index contributed by atoms with van der Waals surface area (Å²) in [6, 6.07) is -5.50. The summed E-state index contributed by atoms with van der Waals surface area (Å²) in [6.07, 6.45) is -1.39. The molecular weight excluding hydrogens is 340 g/mol. The van der Waals surface area contributed by atoms with E-state index in [9.17, 15) is 24.3 Å². The number of carboxylic acid groups (broad SMARTS) is 1. The van der Waals surface area contributed by atoms with E-state index in [0.29, 0.717) is 0 Å². The Kier molecular flexibility index (Phi) is 9.59. The van der Waals surface area contributed by atoms with Crippen molar-refractivity contribution in [2.24, 2.45) is 5.73 Å². The number of aliphatic hydroxyl groups is 3. The topological polar surface area (TPSA) is 211 Å². The number of carboxylic acids is 1. The molecule has 0 aromatic rings. The fourth-order valence-electron chi connectivity index (χ4n) is 1.60. The summed E-state index contributed by atoms with van der Waals surface area (Å²) in [4.78, 5) is 46.3. The molecule has 0 aromatic carbocycles. The van der Waals surface area contributed by atoms with E-state index >= 15 is 0 Å². The molecule has 0 heterocycles. The Bertz CT molecular complexity index is 498. The van der Waals surface area contributed by atoms with Crippen molar-refractivity contribution in [1.82, 2.24) is 16.0 Å². The molecule has 0 fully saturated rings. The van der Waals surface area contributed by atoms with Crippen molar-refractivity contribution >= 4 is 23.7 Å². The summed E-state index contributed by atoms with van der Waals surface area (Å²) in [7, 11) is 0. The van der Waals surface area contributed by atoms with E-state index < -0.39 is 67.2 Å². The summed E-state index contributed by atoms with van der Waals surface area (Å²) < 4.78 is 0. The normalized spacial score (nSPS) is 16.7. The standard InChI is InChI=1S/C13H24N4O8/c1-5(15-11(22)7(14)3-18)10(21)17-9(6(2)20)12(23)16-8(4-19)13(24)25/h5-9,18-20H,3-4,14H2,1-2H3,(H,15,22)(H,16,23)(H,17,21)(H,24,25). The number of aliphatic carboxylic acids is 1. The Morgan fingerprint density at radius 2 is 1.48 bits per heavy atom. The van der Waals surface area contributed by atoms with Crippen LogP contribution in [0, 0.1) is 0 Å². The Morgan fingerprint density at radius 1 is 0.920 bits per heavy atom. The number of nitrogens with two attached hydrogens (primary N) is 1. The van der Waals surface area contributed by atoms with Crippen LogP contribution < -0.4 is 21.7 Å². The molecule has 3 amide bonds. The van der Waals surface area contributed by atoms with E-state index in [0.717, 1.165) is 0 Å². The molecule has 0 aromatic heterocycles. The molecule has 0 aliphatic rings. The van der Waals surface area contributed by atoms with Crippen molar-refractivity contribution in [3.63, 3.8) is 0 Å². The predicted octanol–water partition coefficient (Wildman–Crippen LogP) is -4.76. The number of amides is 3. The average Bonchev–Trinajstić information content (AvgIpc) is 2.55. The maximum atomic E-state index is 12.0. The highest BCUT2D eigenvalue weighted by Gasteiger charge is 2.31. The first kappa shape index (κ1) is 22.7. The maximum Gasteiger partial charge on any atom is 0.328 e. The van der Waals surface area contributed by atoms with Gasteiger partial charge >= 0.3 is 5.97 Å². The molecule has 0 spiro atoms. The monoisotopic (exact) mass is 364 g/mol. The zero-order valence-electron chi connectivity index (χ0n) is 13.8. The second kappa shape index (κ2) is 10.6. The number of hydrogen-bond acceptors (Lipinski definition) is 8. The van der Waals surface area contributed by atoms with E-state index in [-0.39, 0.29) is 0 Å². The minimum atomic E-state index is -1.61. The number of rotatable bonds is 10. The van der Waals surface area contributed by atoms with Gasteiger partial charge in [-0.05, 0) is 13.8 Å². The quantitative estimate of drug-likeness (QED) is 0.187. The van der Waals surface area contributed by atoms with Gasteiger partial charge in [-0.2, -0.15) is 0 Å². The number of hydrogen-bond donors (Lipinski definition) is 8. The number of aliphatic hydroxyl groups excluding tert-OH is 3. The van der Waals surface area contributed by atoms with Crippen LogP contribution in [0.5, 0.6) is 0 Å². The Labute approximate surface area is 143 Å². The third-order valence-electron chi connectivity index (χ3n) is 3.15. The van der Waals surface area contributed by atoms with Gasteiger partial charge in [0, 0.05) is 0 Å². The molecule has 0 radical (unpaired) electrons. The lowest BCUT2D eigenvalue weighted by Crippen LogP contribution is -2.59. The molecule has 0 saturated carbocycles. The largest absolute Gasteiger partial charge is 0.480 e. The minimum absolute atomic E-state index is 0.628. The molecule has 0 aliphatic heterocycles. The highest BCUT2D eigenvalue weighted by molar-refractivity contribution is 5.94. The smallest absolute Gasteiger partial charge is 0.328 e. The average molecular weight is 364 g/mol. The lowest BCUT2D eigenvalue weighted by atomic mass is 10.1. The van der Waals surface area contributed by atoms with Crippen LogP contribution in [0.25, 0.3) is 0 Å². The van der Waals surface area contributed by atoms with Gasteiger partial charge in [0.2, 0.25) is 17.7 Å². The summed E-state index contributed by atoms with van der Waals surface area (Å²) >= 11 is 0. The summed E-state index contributed by atoms with van der Waals surface area (Å²) in [6.45, 7) is 0.954. The molecule has 0 saturated heterocycles. The van der Waals surface area contributed by atoms with E-state index in [1.54, 1.807) is 0 Å². The first-order valence-electron chi connectivity index (χ1n) is 7.34. The van der Waals surface area contributed by atoms with Crippen molar-refractivity contribution in [3.05, 3.63) is 0 Å². The summed E-state index contributed by atoms with van der Waals surface area (Å²) in [5.74, 6) is -4.18. The highest BCUT2D eigenvalue weighted by atomic mass is 16.4. The molecular formula is C13H24N4O8. The van der Waals surface area contributed by atoms with Gasteiger partial charge in [-0.3, -0.25) is 14.4 Å². The Balaban J connectivity index is 4.90. The van der Waals surface area contributed by atoms with Gasteiger partial charge in [0.05, 0.1) is 19.3 Å². The molecule has 9 N–H and O–H groups in total. The van der Waals surface area contributed by atoms with Crippen LogP contribution in [0.1, 0.15) is 13.8 Å². The van der Waals surface area contributed by atoms with Gasteiger partial charge in [-0.15, -0.1) is 0 Å². The van der Waals surface area contributed by atoms with Crippen LogP contribution in [0.3, 0.4) is 0 Å². The molecule has 0 rings (SSSR count). The molecule has 25 heavy (non-hydrogen) atoms. The number of carbonyl (C=O) groups is 4. The SMILES string of the molecule is CC(NC(=O)C(N)CO)C(=O)NC(C(=O)NC(CO)C(=O)O)C(C)O. The molecule has 5 unspecified atom stereocenters. The van der Waals surface area contributed by atoms with E-state index in [2.05, 4.69) is 10.6 Å². The highest BCUT2D eigenvalue weighted by Crippen LogP contribution is 1.97. The van der Waals surface area contributed by atoms with Gasteiger partial charge in [-0.1, -0.05) is 0 Å². The summed E-state index contributed by atoms with van der Waals surface area (Å²) in [5, 5.41) is 42.4. The first-order chi connectivity index (χ1) is 11.5. The minimum Gasteiger partial charge on any atom is -0.480 e. The lowest BCUT2D eigenvalue weighted by Gasteiger charge is -2.24. The predicted molar refractivity (Wildman–Crippen MR) is 82.9 cm³/mol. The molecule has 0 bridgehead atoms. The van der Waals surface area contributed by atoms with E-state index in [1.807, 2.05) is 5.32 Å². The van der Waals surface area contributed by atoms with E-state index in [1.165, 1.54) is 13.8 Å². The van der Waals surface area contributed by atoms with Gasteiger partial charge in [-0.25, -0.2) is 4.79 Å².